The average Bonchev–Trinajstić information content (AvgIpc) is 2.34. The van der Waals surface area contributed by atoms with Gasteiger partial charge in [-0.05, 0) is 59.0 Å². The summed E-state index contributed by atoms with van der Waals surface area (Å²) < 4.78 is 1.15. The van der Waals surface area contributed by atoms with Crippen LogP contribution < -0.4 is 5.43 Å². The molecule has 0 fully saturated rings. The van der Waals surface area contributed by atoms with E-state index < -0.39 is 0 Å². The van der Waals surface area contributed by atoms with Gasteiger partial charge in [-0.1, -0.05) is 0 Å². The van der Waals surface area contributed by atoms with Gasteiger partial charge in [0.2, 0.25) is 0 Å². The molecule has 5 heteroatoms. The Hall–Kier alpha value is -1.76. The Morgan fingerprint density at radius 3 is 2.44 bits per heavy atom. The van der Waals surface area contributed by atoms with Gasteiger partial charge in [-0.25, -0.2) is 0 Å². The number of phenolic OH excluding ortho intramolecular Hbond substituents is 2. The second kappa shape index (κ2) is 5.72. The maximum absolute atomic E-state index is 9.54. The van der Waals surface area contributed by atoms with Gasteiger partial charge in [0.25, 0.3) is 0 Å². The van der Waals surface area contributed by atoms with Crippen molar-refractivity contribution in [3.63, 3.8) is 0 Å². The second-order valence-electron chi connectivity index (χ2n) is 3.62. The van der Waals surface area contributed by atoms with Crippen LogP contribution in [0, 0.1) is 3.57 Å². The lowest BCUT2D eigenvalue weighted by atomic mass is 10.2. The summed E-state index contributed by atoms with van der Waals surface area (Å²) in [6, 6.07) is 12.1. The van der Waals surface area contributed by atoms with Crippen LogP contribution in [0.15, 0.2) is 47.6 Å². The molecule has 0 heterocycles. The number of halogens is 1. The maximum atomic E-state index is 9.54. The molecule has 0 bridgehead atoms. The zero-order valence-electron chi connectivity index (χ0n) is 9.34. The molecular weight excluding hydrogens is 343 g/mol. The summed E-state index contributed by atoms with van der Waals surface area (Å²) >= 11 is 2.23. The maximum Gasteiger partial charge on any atom is 0.128 e. The number of rotatable bonds is 3. The SMILES string of the molecule is Oc1ccc(/C=N/Nc2ccc(I)cc2)c(O)c1. The highest BCUT2D eigenvalue weighted by molar-refractivity contribution is 14.1. The number of aromatic hydroxyl groups is 2. The first kappa shape index (κ1) is 12.7. The second-order valence-corrected chi connectivity index (χ2v) is 4.87. The van der Waals surface area contributed by atoms with Crippen molar-refractivity contribution in [2.45, 2.75) is 0 Å². The third-order valence-electron chi connectivity index (χ3n) is 2.26. The van der Waals surface area contributed by atoms with Crippen molar-refractivity contribution in [2.24, 2.45) is 5.10 Å². The number of benzene rings is 2. The van der Waals surface area contributed by atoms with Gasteiger partial charge in [0, 0.05) is 15.2 Å². The first-order valence-electron chi connectivity index (χ1n) is 5.22. The van der Waals surface area contributed by atoms with E-state index in [1.807, 2.05) is 24.3 Å². The third kappa shape index (κ3) is 3.36. The van der Waals surface area contributed by atoms with Crippen molar-refractivity contribution < 1.29 is 10.2 Å². The largest absolute Gasteiger partial charge is 0.508 e. The molecule has 0 amide bonds. The number of anilines is 1. The van der Waals surface area contributed by atoms with E-state index in [-0.39, 0.29) is 11.5 Å². The highest BCUT2D eigenvalue weighted by atomic mass is 127. The van der Waals surface area contributed by atoms with E-state index in [1.165, 1.54) is 18.3 Å². The van der Waals surface area contributed by atoms with E-state index in [0.717, 1.165) is 9.26 Å². The van der Waals surface area contributed by atoms with Crippen LogP contribution in [0.1, 0.15) is 5.56 Å². The summed E-state index contributed by atoms with van der Waals surface area (Å²) in [6.45, 7) is 0. The average molecular weight is 354 g/mol. The summed E-state index contributed by atoms with van der Waals surface area (Å²) in [6.07, 6.45) is 1.49. The summed E-state index contributed by atoms with van der Waals surface area (Å²) in [7, 11) is 0. The lowest BCUT2D eigenvalue weighted by Gasteiger charge is -2.01. The molecule has 0 atom stereocenters. The summed E-state index contributed by atoms with van der Waals surface area (Å²) in [5, 5.41) is 22.7. The highest BCUT2D eigenvalue weighted by Crippen LogP contribution is 2.20. The molecule has 3 N–H and O–H groups in total. The predicted molar refractivity (Wildman–Crippen MR) is 80.1 cm³/mol. The number of hydrogen-bond donors (Lipinski definition) is 3. The minimum atomic E-state index is -0.0110. The number of phenols is 2. The van der Waals surface area contributed by atoms with Gasteiger partial charge in [0.15, 0.2) is 0 Å². The Kier molecular flexibility index (Phi) is 4.03. The standard InChI is InChI=1S/C13H11IN2O2/c14-10-2-4-11(5-3-10)16-15-8-9-1-6-12(17)7-13(9)18/h1-8,16-18H/b15-8+. The Balaban J connectivity index is 2.05. The highest BCUT2D eigenvalue weighted by Gasteiger charge is 1.98. The summed E-state index contributed by atoms with van der Waals surface area (Å²) in [5.41, 5.74) is 4.25. The molecule has 92 valence electrons. The molecule has 4 nitrogen and oxygen atoms in total. The van der Waals surface area contributed by atoms with Crippen molar-refractivity contribution in [2.75, 3.05) is 5.43 Å². The van der Waals surface area contributed by atoms with E-state index in [9.17, 15) is 5.11 Å². The molecule has 0 aliphatic heterocycles. The monoisotopic (exact) mass is 354 g/mol. The molecule has 0 aliphatic rings. The van der Waals surface area contributed by atoms with Gasteiger partial charge in [-0.3, -0.25) is 5.43 Å². The van der Waals surface area contributed by atoms with Crippen LogP contribution in [0.5, 0.6) is 11.5 Å². The molecule has 0 saturated carbocycles. The zero-order chi connectivity index (χ0) is 13.0. The van der Waals surface area contributed by atoms with Crippen molar-refractivity contribution in [3.8, 4) is 11.5 Å². The molecule has 0 radical (unpaired) electrons. The molecule has 0 aromatic heterocycles. The topological polar surface area (TPSA) is 64.9 Å². The van der Waals surface area contributed by atoms with Crippen LogP contribution >= 0.6 is 22.6 Å². The van der Waals surface area contributed by atoms with Crippen LogP contribution in [-0.2, 0) is 0 Å². The van der Waals surface area contributed by atoms with Crippen LogP contribution in [0.2, 0.25) is 0 Å². The fourth-order valence-electron chi connectivity index (χ4n) is 1.34. The summed E-state index contributed by atoms with van der Waals surface area (Å²) in [4.78, 5) is 0. The minimum Gasteiger partial charge on any atom is -0.508 e. The van der Waals surface area contributed by atoms with Crippen molar-refractivity contribution >= 4 is 34.5 Å². The van der Waals surface area contributed by atoms with Gasteiger partial charge >= 0.3 is 0 Å². The lowest BCUT2D eigenvalue weighted by molar-refractivity contribution is 0.450. The third-order valence-corrected chi connectivity index (χ3v) is 2.97. The van der Waals surface area contributed by atoms with Crippen LogP contribution in [0.25, 0.3) is 0 Å². The Morgan fingerprint density at radius 2 is 1.78 bits per heavy atom. The van der Waals surface area contributed by atoms with Crippen molar-refractivity contribution in [1.82, 2.24) is 0 Å². The van der Waals surface area contributed by atoms with E-state index in [0.29, 0.717) is 5.56 Å². The molecule has 0 spiro atoms. The van der Waals surface area contributed by atoms with Crippen LogP contribution in [0.4, 0.5) is 5.69 Å². The molecule has 2 aromatic rings. The molecular formula is C13H11IN2O2. The smallest absolute Gasteiger partial charge is 0.128 e. The quantitative estimate of drug-likeness (QED) is 0.451. The van der Waals surface area contributed by atoms with Gasteiger partial charge in [0.05, 0.1) is 11.9 Å². The van der Waals surface area contributed by atoms with Gasteiger partial charge in [-0.15, -0.1) is 0 Å². The Bertz CT molecular complexity index is 568. The van der Waals surface area contributed by atoms with Crippen LogP contribution in [0.3, 0.4) is 0 Å². The lowest BCUT2D eigenvalue weighted by Crippen LogP contribution is -1.90. The minimum absolute atomic E-state index is 0.0110. The molecule has 0 aliphatic carbocycles. The first-order chi connectivity index (χ1) is 8.65. The number of hydrazone groups is 1. The fraction of sp³-hybridized carbons (Fsp3) is 0. The van der Waals surface area contributed by atoms with E-state index in [2.05, 4.69) is 33.1 Å². The number of nitrogens with zero attached hydrogens (tertiary/aromatic N) is 1. The van der Waals surface area contributed by atoms with Gasteiger partial charge < -0.3 is 10.2 Å². The normalized spacial score (nSPS) is 10.7. The Labute approximate surface area is 118 Å². The van der Waals surface area contributed by atoms with Crippen LogP contribution in [-0.4, -0.2) is 16.4 Å². The fourth-order valence-corrected chi connectivity index (χ4v) is 1.70. The van der Waals surface area contributed by atoms with E-state index in [1.54, 1.807) is 6.07 Å². The molecule has 0 unspecified atom stereocenters. The van der Waals surface area contributed by atoms with E-state index >= 15 is 0 Å². The molecule has 2 aromatic carbocycles. The number of hydrogen-bond acceptors (Lipinski definition) is 4. The van der Waals surface area contributed by atoms with Gasteiger partial charge in [-0.2, -0.15) is 5.10 Å². The molecule has 2 rings (SSSR count). The first-order valence-corrected chi connectivity index (χ1v) is 6.29. The predicted octanol–water partition coefficient (Wildman–Crippen LogP) is 3.15. The van der Waals surface area contributed by atoms with E-state index in [4.69, 9.17) is 5.11 Å². The molecule has 18 heavy (non-hydrogen) atoms. The molecule has 0 saturated heterocycles. The van der Waals surface area contributed by atoms with Crippen molar-refractivity contribution in [3.05, 3.63) is 51.6 Å². The van der Waals surface area contributed by atoms with Gasteiger partial charge in [0.1, 0.15) is 11.5 Å². The summed E-state index contributed by atoms with van der Waals surface area (Å²) in [5.74, 6) is 0.0124. The number of nitrogens with one attached hydrogen (secondary N) is 1. The Morgan fingerprint density at radius 1 is 1.06 bits per heavy atom. The van der Waals surface area contributed by atoms with Crippen molar-refractivity contribution in [1.29, 1.82) is 0 Å². The zero-order valence-corrected chi connectivity index (χ0v) is 11.5.